The highest BCUT2D eigenvalue weighted by Gasteiger charge is 2.15. The first-order valence-corrected chi connectivity index (χ1v) is 13.3. The standard InChI is InChI=1S/C23H25N3O6S2/c1-18-7-11-21(12-8-18)33(28,29)25-16-15-24-23(27)17-32-20-9-13-22(14-10-20)34(30,31)26-19-5-3-2-4-6-19/h2-14,25-26H,15-17H2,1H3,(H,24,27). The summed E-state index contributed by atoms with van der Waals surface area (Å²) < 4.78 is 59.5. The molecule has 3 aromatic rings. The molecule has 11 heteroatoms. The van der Waals surface area contributed by atoms with E-state index < -0.39 is 26.0 Å². The van der Waals surface area contributed by atoms with Crippen molar-refractivity contribution in [1.29, 1.82) is 0 Å². The van der Waals surface area contributed by atoms with Gasteiger partial charge in [-0.15, -0.1) is 0 Å². The summed E-state index contributed by atoms with van der Waals surface area (Å²) in [6.07, 6.45) is 0. The average molecular weight is 504 g/mol. The molecule has 0 atom stereocenters. The lowest BCUT2D eigenvalue weighted by molar-refractivity contribution is -0.123. The molecule has 0 fully saturated rings. The molecule has 9 nitrogen and oxygen atoms in total. The Hall–Kier alpha value is -3.41. The second-order valence-corrected chi connectivity index (χ2v) is 10.7. The van der Waals surface area contributed by atoms with E-state index in [1.54, 1.807) is 42.5 Å². The lowest BCUT2D eigenvalue weighted by Crippen LogP contribution is -2.36. The molecule has 0 bridgehead atoms. The molecule has 3 aromatic carbocycles. The largest absolute Gasteiger partial charge is 0.484 e. The molecule has 0 spiro atoms. The van der Waals surface area contributed by atoms with Crippen molar-refractivity contribution in [2.45, 2.75) is 16.7 Å². The van der Waals surface area contributed by atoms with Gasteiger partial charge in [0.25, 0.3) is 15.9 Å². The van der Waals surface area contributed by atoms with Gasteiger partial charge in [-0.3, -0.25) is 9.52 Å². The number of hydrogen-bond donors (Lipinski definition) is 3. The van der Waals surface area contributed by atoms with Crippen LogP contribution in [0.4, 0.5) is 5.69 Å². The second kappa shape index (κ2) is 11.1. The van der Waals surface area contributed by atoms with Crippen LogP contribution in [0.25, 0.3) is 0 Å². The Kier molecular flexibility index (Phi) is 8.26. The molecule has 180 valence electrons. The smallest absolute Gasteiger partial charge is 0.261 e. The number of hydrogen-bond acceptors (Lipinski definition) is 6. The summed E-state index contributed by atoms with van der Waals surface area (Å²) in [6, 6.07) is 20.6. The van der Waals surface area contributed by atoms with Gasteiger partial charge in [0.05, 0.1) is 9.79 Å². The number of anilines is 1. The lowest BCUT2D eigenvalue weighted by Gasteiger charge is -2.10. The van der Waals surface area contributed by atoms with Crippen molar-refractivity contribution in [2.75, 3.05) is 24.4 Å². The van der Waals surface area contributed by atoms with Gasteiger partial charge in [-0.2, -0.15) is 0 Å². The number of para-hydroxylation sites is 1. The number of sulfonamides is 2. The zero-order chi connectivity index (χ0) is 24.6. The maximum Gasteiger partial charge on any atom is 0.261 e. The molecule has 34 heavy (non-hydrogen) atoms. The molecule has 3 N–H and O–H groups in total. The van der Waals surface area contributed by atoms with Gasteiger partial charge in [-0.25, -0.2) is 21.6 Å². The Morgan fingerprint density at radius 3 is 2.00 bits per heavy atom. The number of ether oxygens (including phenoxy) is 1. The number of amides is 1. The molecular formula is C23H25N3O6S2. The molecule has 0 aliphatic heterocycles. The molecule has 0 aliphatic carbocycles. The average Bonchev–Trinajstić information content (AvgIpc) is 2.81. The van der Waals surface area contributed by atoms with Gasteiger partial charge in [-0.1, -0.05) is 35.9 Å². The normalized spacial score (nSPS) is 11.6. The number of carbonyl (C=O) groups excluding carboxylic acids is 1. The van der Waals surface area contributed by atoms with E-state index in [1.807, 2.05) is 6.92 Å². The van der Waals surface area contributed by atoms with Crippen LogP contribution in [-0.2, 0) is 24.8 Å². The van der Waals surface area contributed by atoms with Crippen LogP contribution in [0.5, 0.6) is 5.75 Å². The number of nitrogens with one attached hydrogen (secondary N) is 3. The van der Waals surface area contributed by atoms with Gasteiger partial charge >= 0.3 is 0 Å². The van der Waals surface area contributed by atoms with Crippen molar-refractivity contribution < 1.29 is 26.4 Å². The van der Waals surface area contributed by atoms with Crippen LogP contribution in [0.15, 0.2) is 88.7 Å². The SMILES string of the molecule is Cc1ccc(S(=O)(=O)NCCNC(=O)COc2ccc(S(=O)(=O)Nc3ccccc3)cc2)cc1. The topological polar surface area (TPSA) is 131 Å². The Labute approximate surface area is 199 Å². The summed E-state index contributed by atoms with van der Waals surface area (Å²) in [4.78, 5) is 12.2. The van der Waals surface area contributed by atoms with Crippen molar-refractivity contribution in [3.63, 3.8) is 0 Å². The highest BCUT2D eigenvalue weighted by Crippen LogP contribution is 2.19. The van der Waals surface area contributed by atoms with Crippen LogP contribution in [0.2, 0.25) is 0 Å². The van der Waals surface area contributed by atoms with E-state index >= 15 is 0 Å². The van der Waals surface area contributed by atoms with Crippen LogP contribution < -0.4 is 19.5 Å². The zero-order valence-corrected chi connectivity index (χ0v) is 20.0. The summed E-state index contributed by atoms with van der Waals surface area (Å²) in [6.45, 7) is 1.65. The summed E-state index contributed by atoms with van der Waals surface area (Å²) in [5.41, 5.74) is 1.40. The molecule has 0 saturated heterocycles. The lowest BCUT2D eigenvalue weighted by atomic mass is 10.2. The first kappa shape index (κ1) is 25.2. The van der Waals surface area contributed by atoms with Crippen LogP contribution in [0, 0.1) is 6.92 Å². The molecule has 0 aliphatic rings. The number of carbonyl (C=O) groups is 1. The highest BCUT2D eigenvalue weighted by molar-refractivity contribution is 7.92. The van der Waals surface area contributed by atoms with E-state index in [4.69, 9.17) is 4.74 Å². The summed E-state index contributed by atoms with van der Waals surface area (Å²) in [5, 5.41) is 2.55. The highest BCUT2D eigenvalue weighted by atomic mass is 32.2. The van der Waals surface area contributed by atoms with Crippen LogP contribution in [0.1, 0.15) is 5.56 Å². The molecule has 0 unspecified atom stereocenters. The molecule has 0 heterocycles. The number of rotatable bonds is 11. The monoisotopic (exact) mass is 503 g/mol. The maximum absolute atomic E-state index is 12.4. The third-order valence-electron chi connectivity index (χ3n) is 4.60. The van der Waals surface area contributed by atoms with Crippen molar-refractivity contribution in [1.82, 2.24) is 10.0 Å². The van der Waals surface area contributed by atoms with Gasteiger partial charge in [0, 0.05) is 18.8 Å². The minimum atomic E-state index is -3.75. The van der Waals surface area contributed by atoms with Crippen LogP contribution in [0.3, 0.4) is 0 Å². The van der Waals surface area contributed by atoms with Crippen molar-refractivity contribution >= 4 is 31.6 Å². The predicted molar refractivity (Wildman–Crippen MR) is 129 cm³/mol. The van der Waals surface area contributed by atoms with E-state index in [0.717, 1.165) is 5.56 Å². The fourth-order valence-electron chi connectivity index (χ4n) is 2.82. The van der Waals surface area contributed by atoms with Gasteiger partial charge in [0.15, 0.2) is 6.61 Å². The maximum atomic E-state index is 12.4. The first-order chi connectivity index (χ1) is 16.2. The van der Waals surface area contributed by atoms with Crippen molar-refractivity contribution in [2.24, 2.45) is 0 Å². The molecule has 0 aromatic heterocycles. The molecule has 1 amide bonds. The minimum absolute atomic E-state index is 0.0168. The Morgan fingerprint density at radius 2 is 1.35 bits per heavy atom. The summed E-state index contributed by atoms with van der Waals surface area (Å²) >= 11 is 0. The molecule has 0 saturated carbocycles. The third-order valence-corrected chi connectivity index (χ3v) is 7.47. The summed E-state index contributed by atoms with van der Waals surface area (Å²) in [7, 11) is -7.40. The third kappa shape index (κ3) is 7.30. The van der Waals surface area contributed by atoms with E-state index in [0.29, 0.717) is 11.4 Å². The van der Waals surface area contributed by atoms with E-state index in [9.17, 15) is 21.6 Å². The van der Waals surface area contributed by atoms with Crippen molar-refractivity contribution in [3.05, 3.63) is 84.4 Å². The van der Waals surface area contributed by atoms with E-state index in [1.165, 1.54) is 36.4 Å². The number of benzene rings is 3. The minimum Gasteiger partial charge on any atom is -0.484 e. The Balaban J connectivity index is 1.42. The van der Waals surface area contributed by atoms with E-state index in [2.05, 4.69) is 14.8 Å². The van der Waals surface area contributed by atoms with E-state index in [-0.39, 0.29) is 29.5 Å². The Morgan fingerprint density at radius 1 is 0.765 bits per heavy atom. The van der Waals surface area contributed by atoms with Gasteiger partial charge < -0.3 is 10.1 Å². The fourth-order valence-corrected chi connectivity index (χ4v) is 4.91. The molecule has 3 rings (SSSR count). The fraction of sp³-hybridized carbons (Fsp3) is 0.174. The number of aryl methyl sites for hydroxylation is 1. The first-order valence-electron chi connectivity index (χ1n) is 10.3. The summed E-state index contributed by atoms with van der Waals surface area (Å²) in [5.74, 6) is -0.133. The van der Waals surface area contributed by atoms with Crippen LogP contribution >= 0.6 is 0 Å². The molecule has 0 radical (unpaired) electrons. The Bertz CT molecular complexity index is 1310. The van der Waals surface area contributed by atoms with Crippen molar-refractivity contribution in [3.8, 4) is 5.75 Å². The quantitative estimate of drug-likeness (QED) is 0.344. The predicted octanol–water partition coefficient (Wildman–Crippen LogP) is 2.27. The van der Waals surface area contributed by atoms with Gasteiger partial charge in [0.1, 0.15) is 5.75 Å². The van der Waals surface area contributed by atoms with Gasteiger partial charge in [0.2, 0.25) is 10.0 Å². The second-order valence-electron chi connectivity index (χ2n) is 7.29. The van der Waals surface area contributed by atoms with Crippen LogP contribution in [-0.4, -0.2) is 42.4 Å². The van der Waals surface area contributed by atoms with Gasteiger partial charge in [-0.05, 0) is 55.5 Å². The molecular weight excluding hydrogens is 478 g/mol. The zero-order valence-electron chi connectivity index (χ0n) is 18.4.